The number of esters is 1. The first-order valence-corrected chi connectivity index (χ1v) is 9.99. The summed E-state index contributed by atoms with van der Waals surface area (Å²) in [6.07, 6.45) is 0.0562. The predicted molar refractivity (Wildman–Crippen MR) is 121 cm³/mol. The molecule has 0 radical (unpaired) electrons. The highest BCUT2D eigenvalue weighted by molar-refractivity contribution is 6.08. The van der Waals surface area contributed by atoms with Crippen molar-refractivity contribution in [1.29, 1.82) is 0 Å². The highest BCUT2D eigenvalue weighted by atomic mass is 16.5. The summed E-state index contributed by atoms with van der Waals surface area (Å²) in [4.78, 5) is 30.1. The molecule has 0 spiro atoms. The van der Waals surface area contributed by atoms with E-state index in [0.717, 1.165) is 11.1 Å². The number of pyridine rings is 1. The smallest absolute Gasteiger partial charge is 0.306 e. The fourth-order valence-corrected chi connectivity index (χ4v) is 3.97. The van der Waals surface area contributed by atoms with E-state index < -0.39 is 11.8 Å². The second-order valence-electron chi connectivity index (χ2n) is 7.24. The summed E-state index contributed by atoms with van der Waals surface area (Å²) in [6.45, 7) is 0. The van der Waals surface area contributed by atoms with Crippen LogP contribution in [0, 0.1) is 0 Å². The van der Waals surface area contributed by atoms with Crippen LogP contribution >= 0.6 is 0 Å². The highest BCUT2D eigenvalue weighted by Gasteiger charge is 2.29. The van der Waals surface area contributed by atoms with Crippen molar-refractivity contribution in [3.05, 3.63) is 102 Å². The molecule has 0 saturated carbocycles. The number of nitrogens with two attached hydrogens (primary N) is 1. The number of aromatic nitrogens is 1. The first-order valence-electron chi connectivity index (χ1n) is 9.99. The van der Waals surface area contributed by atoms with E-state index in [1.165, 1.54) is 7.11 Å². The quantitative estimate of drug-likeness (QED) is 0.467. The topological polar surface area (TPSA) is 82.3 Å². The summed E-state index contributed by atoms with van der Waals surface area (Å²) in [5.41, 5.74) is 9.96. The molecule has 1 aromatic heterocycles. The van der Waals surface area contributed by atoms with Gasteiger partial charge in [-0.15, -0.1) is 0 Å². The summed E-state index contributed by atoms with van der Waals surface area (Å²) in [5.74, 6) is -1.39. The lowest BCUT2D eigenvalue weighted by molar-refractivity contribution is -0.140. The Bertz CT molecular complexity index is 1240. The zero-order valence-electron chi connectivity index (χ0n) is 17.1. The van der Waals surface area contributed by atoms with Crippen molar-refractivity contribution in [2.75, 3.05) is 7.11 Å². The molecule has 0 aliphatic rings. The highest BCUT2D eigenvalue weighted by Crippen LogP contribution is 2.39. The number of rotatable bonds is 6. The predicted octanol–water partition coefficient (Wildman–Crippen LogP) is 4.70. The first kappa shape index (κ1) is 20.3. The number of hydrogen-bond donors (Lipinski definition) is 1. The minimum atomic E-state index is -0.559. The Balaban J connectivity index is 2.11. The molecule has 31 heavy (non-hydrogen) atoms. The SMILES string of the molecule is COC(=O)CC(c1ccccc1)c1c(-c2ccccc2)nc2ccccc2c1C(N)=O. The van der Waals surface area contributed by atoms with Crippen LogP contribution in [0.3, 0.4) is 0 Å². The Labute approximate surface area is 180 Å². The summed E-state index contributed by atoms with van der Waals surface area (Å²) in [6, 6.07) is 26.6. The second-order valence-corrected chi connectivity index (χ2v) is 7.24. The van der Waals surface area contributed by atoms with Gasteiger partial charge in [0.2, 0.25) is 5.91 Å². The van der Waals surface area contributed by atoms with E-state index in [-0.39, 0.29) is 12.4 Å². The van der Waals surface area contributed by atoms with Crippen molar-refractivity contribution in [2.24, 2.45) is 5.73 Å². The fourth-order valence-electron chi connectivity index (χ4n) is 3.97. The first-order chi connectivity index (χ1) is 15.1. The summed E-state index contributed by atoms with van der Waals surface area (Å²) in [7, 11) is 1.36. The molecule has 1 amide bonds. The summed E-state index contributed by atoms with van der Waals surface area (Å²) >= 11 is 0. The molecule has 3 aromatic carbocycles. The van der Waals surface area contributed by atoms with E-state index in [4.69, 9.17) is 15.5 Å². The molecule has 5 nitrogen and oxygen atoms in total. The third-order valence-electron chi connectivity index (χ3n) is 5.37. The molecular formula is C26H22N2O3. The van der Waals surface area contributed by atoms with Gasteiger partial charge < -0.3 is 10.5 Å². The number of carbonyl (C=O) groups is 2. The summed E-state index contributed by atoms with van der Waals surface area (Å²) < 4.78 is 4.98. The number of ether oxygens (including phenoxy) is 1. The van der Waals surface area contributed by atoms with Crippen molar-refractivity contribution in [2.45, 2.75) is 12.3 Å². The molecule has 2 N–H and O–H groups in total. The molecule has 0 aliphatic heterocycles. The molecule has 154 valence electrons. The van der Waals surface area contributed by atoms with Crippen LogP contribution in [0.1, 0.15) is 33.8 Å². The molecule has 4 rings (SSSR count). The van der Waals surface area contributed by atoms with Gasteiger partial charge in [0.25, 0.3) is 0 Å². The maximum atomic E-state index is 12.8. The van der Waals surface area contributed by atoms with Crippen molar-refractivity contribution >= 4 is 22.8 Å². The molecule has 1 atom stereocenters. The lowest BCUT2D eigenvalue weighted by atomic mass is 9.81. The van der Waals surface area contributed by atoms with E-state index >= 15 is 0 Å². The number of carbonyl (C=O) groups excluding carboxylic acids is 2. The normalized spacial score (nSPS) is 11.8. The van der Waals surface area contributed by atoms with Crippen LogP contribution in [-0.2, 0) is 9.53 Å². The minimum Gasteiger partial charge on any atom is -0.469 e. The molecule has 1 unspecified atom stereocenters. The Hall–Kier alpha value is -3.99. The van der Waals surface area contributed by atoms with E-state index in [1.54, 1.807) is 0 Å². The van der Waals surface area contributed by atoms with Crippen LogP contribution in [0.5, 0.6) is 0 Å². The van der Waals surface area contributed by atoms with E-state index in [0.29, 0.717) is 27.7 Å². The average molecular weight is 410 g/mol. The molecule has 0 saturated heterocycles. The molecule has 5 heteroatoms. The minimum absolute atomic E-state index is 0.0562. The van der Waals surface area contributed by atoms with Crippen LogP contribution in [0.2, 0.25) is 0 Å². The van der Waals surface area contributed by atoms with Gasteiger partial charge in [-0.1, -0.05) is 78.9 Å². The Kier molecular flexibility index (Phi) is 5.76. The maximum Gasteiger partial charge on any atom is 0.306 e. The average Bonchev–Trinajstić information content (AvgIpc) is 2.82. The number of fused-ring (bicyclic) bond motifs is 1. The van der Waals surface area contributed by atoms with Gasteiger partial charge in [-0.2, -0.15) is 0 Å². The number of hydrogen-bond acceptors (Lipinski definition) is 4. The third kappa shape index (κ3) is 4.03. The molecule has 0 bridgehead atoms. The number of para-hydroxylation sites is 1. The Morgan fingerprint density at radius 2 is 1.52 bits per heavy atom. The lowest BCUT2D eigenvalue weighted by Crippen LogP contribution is -2.20. The number of primary amides is 1. The molecule has 0 aliphatic carbocycles. The van der Waals surface area contributed by atoms with Gasteiger partial charge in [0.15, 0.2) is 0 Å². The van der Waals surface area contributed by atoms with Crippen LogP contribution in [-0.4, -0.2) is 24.0 Å². The van der Waals surface area contributed by atoms with Crippen LogP contribution in [0.15, 0.2) is 84.9 Å². The van der Waals surface area contributed by atoms with Gasteiger partial charge in [-0.25, -0.2) is 4.98 Å². The van der Waals surface area contributed by atoms with E-state index in [2.05, 4.69) is 0 Å². The van der Waals surface area contributed by atoms with Crippen molar-refractivity contribution in [1.82, 2.24) is 4.98 Å². The van der Waals surface area contributed by atoms with Gasteiger partial charge in [-0.05, 0) is 17.2 Å². The summed E-state index contributed by atoms with van der Waals surface area (Å²) in [5, 5.41) is 0.662. The molecule has 0 fully saturated rings. The monoisotopic (exact) mass is 410 g/mol. The van der Waals surface area contributed by atoms with Crippen LogP contribution in [0.4, 0.5) is 0 Å². The van der Waals surface area contributed by atoms with E-state index in [9.17, 15) is 9.59 Å². The molecule has 1 heterocycles. The number of benzene rings is 3. The van der Waals surface area contributed by atoms with Crippen molar-refractivity contribution < 1.29 is 14.3 Å². The van der Waals surface area contributed by atoms with Gasteiger partial charge in [0.1, 0.15) is 0 Å². The Morgan fingerprint density at radius 1 is 0.903 bits per heavy atom. The van der Waals surface area contributed by atoms with Gasteiger partial charge >= 0.3 is 5.97 Å². The zero-order chi connectivity index (χ0) is 21.8. The van der Waals surface area contributed by atoms with Gasteiger partial charge in [0.05, 0.1) is 30.3 Å². The largest absolute Gasteiger partial charge is 0.469 e. The van der Waals surface area contributed by atoms with Gasteiger partial charge in [-0.3, -0.25) is 9.59 Å². The standard InChI is InChI=1S/C26H22N2O3/c1-31-22(29)16-20(17-10-4-2-5-11-17)23-24(26(27)30)19-14-8-9-15-21(19)28-25(23)18-12-6-3-7-13-18/h2-15,20H,16H2,1H3,(H2,27,30). The third-order valence-corrected chi connectivity index (χ3v) is 5.37. The van der Waals surface area contributed by atoms with E-state index in [1.807, 2.05) is 84.9 Å². The van der Waals surface area contributed by atoms with Crippen LogP contribution < -0.4 is 5.73 Å². The van der Waals surface area contributed by atoms with Crippen molar-refractivity contribution in [3.63, 3.8) is 0 Å². The number of nitrogens with zero attached hydrogens (tertiary/aromatic N) is 1. The Morgan fingerprint density at radius 3 is 2.16 bits per heavy atom. The van der Waals surface area contributed by atoms with Crippen molar-refractivity contribution in [3.8, 4) is 11.3 Å². The van der Waals surface area contributed by atoms with Crippen LogP contribution in [0.25, 0.3) is 22.2 Å². The number of amides is 1. The zero-order valence-corrected chi connectivity index (χ0v) is 17.1. The molecular weight excluding hydrogens is 388 g/mol. The lowest BCUT2D eigenvalue weighted by Gasteiger charge is -2.23. The van der Waals surface area contributed by atoms with Gasteiger partial charge in [0, 0.05) is 16.9 Å². The fraction of sp³-hybridized carbons (Fsp3) is 0.115. The second kappa shape index (κ2) is 8.79. The molecule has 4 aromatic rings. The maximum absolute atomic E-state index is 12.8. The number of methoxy groups -OCH3 is 1.